The molecule has 0 bridgehead atoms. The SMILES string of the molecule is Cc1sccc1C1CCN(O)CC1. The van der Waals surface area contributed by atoms with Gasteiger partial charge in [-0.05, 0) is 42.7 Å². The zero-order chi connectivity index (χ0) is 9.26. The van der Waals surface area contributed by atoms with E-state index in [-0.39, 0.29) is 0 Å². The quantitative estimate of drug-likeness (QED) is 0.748. The van der Waals surface area contributed by atoms with Crippen molar-refractivity contribution < 1.29 is 5.21 Å². The smallest absolute Gasteiger partial charge is 0.0244 e. The van der Waals surface area contributed by atoms with Crippen LogP contribution in [0.3, 0.4) is 0 Å². The molecule has 2 heterocycles. The van der Waals surface area contributed by atoms with Gasteiger partial charge >= 0.3 is 0 Å². The van der Waals surface area contributed by atoms with Gasteiger partial charge in [0.25, 0.3) is 0 Å². The van der Waals surface area contributed by atoms with Gasteiger partial charge in [0.05, 0.1) is 0 Å². The first kappa shape index (κ1) is 9.19. The third-order valence-corrected chi connectivity index (χ3v) is 3.67. The number of thiophene rings is 1. The van der Waals surface area contributed by atoms with Crippen LogP contribution in [0.15, 0.2) is 11.4 Å². The summed E-state index contributed by atoms with van der Waals surface area (Å²) in [6.45, 7) is 3.82. The predicted molar refractivity (Wildman–Crippen MR) is 54.4 cm³/mol. The van der Waals surface area contributed by atoms with Gasteiger partial charge in [-0.3, -0.25) is 0 Å². The van der Waals surface area contributed by atoms with Crippen molar-refractivity contribution in [1.82, 2.24) is 5.06 Å². The maximum absolute atomic E-state index is 9.23. The van der Waals surface area contributed by atoms with E-state index in [4.69, 9.17) is 0 Å². The molecule has 1 fully saturated rings. The second-order valence-corrected chi connectivity index (χ2v) is 4.78. The number of piperidine rings is 1. The van der Waals surface area contributed by atoms with E-state index in [1.165, 1.54) is 15.5 Å². The number of hydrogen-bond donors (Lipinski definition) is 1. The Morgan fingerprint density at radius 3 is 2.69 bits per heavy atom. The monoisotopic (exact) mass is 197 g/mol. The first-order valence-corrected chi connectivity index (χ1v) is 5.63. The minimum atomic E-state index is 0.676. The van der Waals surface area contributed by atoms with E-state index >= 15 is 0 Å². The zero-order valence-electron chi connectivity index (χ0n) is 7.86. The summed E-state index contributed by atoms with van der Waals surface area (Å²) in [6, 6.07) is 2.23. The summed E-state index contributed by atoms with van der Waals surface area (Å²) < 4.78 is 0. The van der Waals surface area contributed by atoms with Crippen molar-refractivity contribution in [2.24, 2.45) is 0 Å². The molecule has 0 aliphatic carbocycles. The Morgan fingerprint density at radius 2 is 2.15 bits per heavy atom. The second-order valence-electron chi connectivity index (χ2n) is 3.66. The highest BCUT2D eigenvalue weighted by Gasteiger charge is 2.20. The summed E-state index contributed by atoms with van der Waals surface area (Å²) in [4.78, 5) is 1.44. The van der Waals surface area contributed by atoms with E-state index < -0.39 is 0 Å². The molecule has 1 N–H and O–H groups in total. The number of hydrogen-bond acceptors (Lipinski definition) is 3. The molecule has 0 unspecified atom stereocenters. The van der Waals surface area contributed by atoms with Crippen LogP contribution in [0.4, 0.5) is 0 Å². The molecule has 0 amide bonds. The van der Waals surface area contributed by atoms with Gasteiger partial charge in [0.1, 0.15) is 0 Å². The van der Waals surface area contributed by atoms with E-state index in [0.29, 0.717) is 5.92 Å². The molecule has 0 saturated carbocycles. The third kappa shape index (κ3) is 1.93. The molecule has 1 aliphatic heterocycles. The van der Waals surface area contributed by atoms with Crippen LogP contribution >= 0.6 is 11.3 Å². The topological polar surface area (TPSA) is 23.5 Å². The van der Waals surface area contributed by atoms with E-state index in [1.54, 1.807) is 0 Å². The highest BCUT2D eigenvalue weighted by Crippen LogP contribution is 2.31. The summed E-state index contributed by atoms with van der Waals surface area (Å²) >= 11 is 1.82. The van der Waals surface area contributed by atoms with Crippen molar-refractivity contribution in [3.05, 3.63) is 21.9 Å². The fourth-order valence-corrected chi connectivity index (χ4v) is 2.78. The van der Waals surface area contributed by atoms with Gasteiger partial charge in [-0.15, -0.1) is 11.3 Å². The molecule has 0 radical (unpaired) electrons. The lowest BCUT2D eigenvalue weighted by molar-refractivity contribution is -0.106. The lowest BCUT2D eigenvalue weighted by atomic mass is 9.91. The molecule has 13 heavy (non-hydrogen) atoms. The molecule has 1 aromatic rings. The molecule has 1 aromatic heterocycles. The predicted octanol–water partition coefficient (Wildman–Crippen LogP) is 2.63. The maximum Gasteiger partial charge on any atom is 0.0244 e. The van der Waals surface area contributed by atoms with Crippen molar-refractivity contribution in [3.63, 3.8) is 0 Å². The molecule has 1 aliphatic rings. The summed E-state index contributed by atoms with van der Waals surface area (Å²) in [5, 5.41) is 12.8. The molecule has 3 heteroatoms. The molecular formula is C10H15NOS. The van der Waals surface area contributed by atoms with Crippen LogP contribution in [0.1, 0.15) is 29.2 Å². The van der Waals surface area contributed by atoms with Crippen molar-refractivity contribution >= 4 is 11.3 Å². The Morgan fingerprint density at radius 1 is 1.46 bits per heavy atom. The van der Waals surface area contributed by atoms with E-state index in [1.807, 2.05) is 11.3 Å². The zero-order valence-corrected chi connectivity index (χ0v) is 8.68. The van der Waals surface area contributed by atoms with Gasteiger partial charge in [-0.1, -0.05) is 0 Å². The van der Waals surface area contributed by atoms with Crippen LogP contribution in [0.2, 0.25) is 0 Å². The molecule has 0 aromatic carbocycles. The van der Waals surface area contributed by atoms with Crippen LogP contribution in [0.25, 0.3) is 0 Å². The largest absolute Gasteiger partial charge is 0.314 e. The molecule has 2 nitrogen and oxygen atoms in total. The minimum Gasteiger partial charge on any atom is -0.314 e. The van der Waals surface area contributed by atoms with Gasteiger partial charge in [0.2, 0.25) is 0 Å². The van der Waals surface area contributed by atoms with Crippen molar-refractivity contribution in [2.75, 3.05) is 13.1 Å². The minimum absolute atomic E-state index is 0.676. The first-order chi connectivity index (χ1) is 6.27. The molecular weight excluding hydrogens is 182 g/mol. The van der Waals surface area contributed by atoms with Crippen LogP contribution in [-0.2, 0) is 0 Å². The number of nitrogens with zero attached hydrogens (tertiary/aromatic N) is 1. The Bertz CT molecular complexity index is 276. The fourth-order valence-electron chi connectivity index (χ4n) is 2.00. The Hall–Kier alpha value is -0.380. The average molecular weight is 197 g/mol. The summed E-state index contributed by atoms with van der Waals surface area (Å²) in [5.74, 6) is 0.676. The van der Waals surface area contributed by atoms with Crippen LogP contribution in [-0.4, -0.2) is 23.4 Å². The van der Waals surface area contributed by atoms with Crippen molar-refractivity contribution in [1.29, 1.82) is 0 Å². The van der Waals surface area contributed by atoms with Gasteiger partial charge in [-0.25, -0.2) is 0 Å². The number of hydroxylamine groups is 2. The number of aryl methyl sites for hydroxylation is 1. The summed E-state index contributed by atoms with van der Waals surface area (Å²) in [7, 11) is 0. The molecule has 2 rings (SSSR count). The Labute approximate surface area is 82.8 Å². The molecule has 72 valence electrons. The highest BCUT2D eigenvalue weighted by atomic mass is 32.1. The Balaban J connectivity index is 2.06. The number of rotatable bonds is 1. The molecule has 1 saturated heterocycles. The summed E-state index contributed by atoms with van der Waals surface area (Å²) in [5.41, 5.74) is 1.50. The lowest BCUT2D eigenvalue weighted by Gasteiger charge is -2.27. The Kier molecular flexibility index (Phi) is 2.67. The summed E-state index contributed by atoms with van der Waals surface area (Å²) in [6.07, 6.45) is 2.18. The molecule has 0 atom stereocenters. The first-order valence-electron chi connectivity index (χ1n) is 4.75. The van der Waals surface area contributed by atoms with E-state index in [2.05, 4.69) is 18.4 Å². The van der Waals surface area contributed by atoms with Crippen molar-refractivity contribution in [2.45, 2.75) is 25.7 Å². The maximum atomic E-state index is 9.23. The fraction of sp³-hybridized carbons (Fsp3) is 0.600. The van der Waals surface area contributed by atoms with Gasteiger partial charge in [-0.2, -0.15) is 5.06 Å². The van der Waals surface area contributed by atoms with Gasteiger partial charge in [0, 0.05) is 18.0 Å². The highest BCUT2D eigenvalue weighted by molar-refractivity contribution is 7.10. The molecule has 0 spiro atoms. The van der Waals surface area contributed by atoms with E-state index in [0.717, 1.165) is 25.9 Å². The van der Waals surface area contributed by atoms with Gasteiger partial charge < -0.3 is 5.21 Å². The lowest BCUT2D eigenvalue weighted by Crippen LogP contribution is -2.29. The second kappa shape index (κ2) is 3.78. The van der Waals surface area contributed by atoms with E-state index in [9.17, 15) is 5.21 Å². The average Bonchev–Trinajstić information content (AvgIpc) is 2.53. The van der Waals surface area contributed by atoms with Crippen molar-refractivity contribution in [3.8, 4) is 0 Å². The normalized spacial score (nSPS) is 20.8. The van der Waals surface area contributed by atoms with Gasteiger partial charge in [0.15, 0.2) is 0 Å². The van der Waals surface area contributed by atoms with Crippen LogP contribution in [0.5, 0.6) is 0 Å². The third-order valence-electron chi connectivity index (χ3n) is 2.81. The van der Waals surface area contributed by atoms with Crippen LogP contribution < -0.4 is 0 Å². The standard InChI is InChI=1S/C10H15NOS/c1-8-10(4-7-13-8)9-2-5-11(12)6-3-9/h4,7,9,12H,2-3,5-6H2,1H3. The van der Waals surface area contributed by atoms with Crippen LogP contribution in [0, 0.1) is 6.92 Å².